The van der Waals surface area contributed by atoms with Gasteiger partial charge in [0, 0.05) is 19.6 Å². The van der Waals surface area contributed by atoms with Gasteiger partial charge in [-0.05, 0) is 30.9 Å². The van der Waals surface area contributed by atoms with Crippen LogP contribution >= 0.6 is 0 Å². The van der Waals surface area contributed by atoms with Crippen molar-refractivity contribution in [1.82, 2.24) is 10.2 Å². The third-order valence-corrected chi connectivity index (χ3v) is 3.83. The highest BCUT2D eigenvalue weighted by Crippen LogP contribution is 2.13. The summed E-state index contributed by atoms with van der Waals surface area (Å²) in [5.74, 6) is 1.39. The Hall–Kier alpha value is -1.55. The largest absolute Gasteiger partial charge is 0.492 e. The Balaban J connectivity index is 1.76. The van der Waals surface area contributed by atoms with Crippen molar-refractivity contribution in [2.24, 2.45) is 5.92 Å². The molecular weight excluding hydrogens is 264 g/mol. The van der Waals surface area contributed by atoms with E-state index < -0.39 is 0 Å². The Morgan fingerprint density at radius 3 is 2.52 bits per heavy atom. The fourth-order valence-electron chi connectivity index (χ4n) is 2.64. The lowest BCUT2D eigenvalue weighted by Crippen LogP contribution is -2.49. The summed E-state index contributed by atoms with van der Waals surface area (Å²) in [7, 11) is 0. The molecule has 1 fully saturated rings. The van der Waals surface area contributed by atoms with Gasteiger partial charge in [0.15, 0.2) is 0 Å². The number of likely N-dealkylation sites (tertiary alicyclic amines) is 1. The molecule has 0 saturated carbocycles. The number of carbonyl (C=O) groups is 1. The van der Waals surface area contributed by atoms with E-state index in [1.807, 2.05) is 35.2 Å². The van der Waals surface area contributed by atoms with Crippen LogP contribution in [-0.2, 0) is 4.79 Å². The predicted molar refractivity (Wildman–Crippen MR) is 84.4 cm³/mol. The van der Waals surface area contributed by atoms with Gasteiger partial charge in [0.05, 0.1) is 6.04 Å². The number of hydrogen-bond donors (Lipinski definition) is 1. The first-order valence-corrected chi connectivity index (χ1v) is 7.88. The molecule has 1 heterocycles. The van der Waals surface area contributed by atoms with Gasteiger partial charge in [-0.25, -0.2) is 0 Å². The summed E-state index contributed by atoms with van der Waals surface area (Å²) < 4.78 is 5.65. The Morgan fingerprint density at radius 1 is 1.24 bits per heavy atom. The standard InChI is InChI=1S/C17H26N2O2/c1-14(2)16(17(20)19-11-6-7-12-19)18-10-13-21-15-8-4-3-5-9-15/h3-5,8-9,14,16,18H,6-7,10-13H2,1-2H3/t16-/m0/s1. The van der Waals surface area contributed by atoms with Crippen molar-refractivity contribution in [2.75, 3.05) is 26.2 Å². The molecular formula is C17H26N2O2. The summed E-state index contributed by atoms with van der Waals surface area (Å²) in [6.07, 6.45) is 2.27. The fraction of sp³-hybridized carbons (Fsp3) is 0.588. The van der Waals surface area contributed by atoms with Crippen LogP contribution < -0.4 is 10.1 Å². The zero-order chi connectivity index (χ0) is 15.1. The van der Waals surface area contributed by atoms with E-state index in [1.165, 1.54) is 0 Å². The van der Waals surface area contributed by atoms with Crippen LogP contribution in [0.4, 0.5) is 0 Å². The van der Waals surface area contributed by atoms with Crippen LogP contribution in [-0.4, -0.2) is 43.1 Å². The number of carbonyl (C=O) groups excluding carboxylic acids is 1. The van der Waals surface area contributed by atoms with E-state index in [0.29, 0.717) is 13.2 Å². The minimum atomic E-state index is -0.109. The van der Waals surface area contributed by atoms with Crippen molar-refractivity contribution in [3.63, 3.8) is 0 Å². The molecule has 0 radical (unpaired) electrons. The van der Waals surface area contributed by atoms with Crippen LogP contribution in [0.1, 0.15) is 26.7 Å². The van der Waals surface area contributed by atoms with Gasteiger partial charge in [-0.1, -0.05) is 32.0 Å². The van der Waals surface area contributed by atoms with Crippen LogP contribution in [0.5, 0.6) is 5.75 Å². The van der Waals surface area contributed by atoms with Gasteiger partial charge < -0.3 is 15.0 Å². The number of nitrogens with one attached hydrogen (secondary N) is 1. The topological polar surface area (TPSA) is 41.6 Å². The molecule has 2 rings (SSSR count). The smallest absolute Gasteiger partial charge is 0.239 e. The van der Waals surface area contributed by atoms with E-state index >= 15 is 0 Å². The van der Waals surface area contributed by atoms with Crippen LogP contribution in [0.15, 0.2) is 30.3 Å². The lowest BCUT2D eigenvalue weighted by molar-refractivity contribution is -0.133. The van der Waals surface area contributed by atoms with Gasteiger partial charge in [0.2, 0.25) is 5.91 Å². The second-order valence-electron chi connectivity index (χ2n) is 5.87. The molecule has 0 aromatic heterocycles. The minimum absolute atomic E-state index is 0.109. The van der Waals surface area contributed by atoms with Crippen LogP contribution in [0.25, 0.3) is 0 Å². The van der Waals surface area contributed by atoms with Crippen molar-refractivity contribution < 1.29 is 9.53 Å². The summed E-state index contributed by atoms with van der Waals surface area (Å²) in [5.41, 5.74) is 0. The Labute approximate surface area is 127 Å². The molecule has 21 heavy (non-hydrogen) atoms. The monoisotopic (exact) mass is 290 g/mol. The van der Waals surface area contributed by atoms with Crippen LogP contribution in [0.3, 0.4) is 0 Å². The molecule has 1 aliphatic heterocycles. The van der Waals surface area contributed by atoms with Gasteiger partial charge in [-0.15, -0.1) is 0 Å². The number of amides is 1. The summed E-state index contributed by atoms with van der Waals surface area (Å²) in [4.78, 5) is 14.5. The molecule has 1 N–H and O–H groups in total. The number of ether oxygens (including phenoxy) is 1. The molecule has 0 bridgehead atoms. The fourth-order valence-corrected chi connectivity index (χ4v) is 2.64. The molecule has 116 valence electrons. The molecule has 0 aliphatic carbocycles. The van der Waals surface area contributed by atoms with E-state index in [4.69, 9.17) is 4.74 Å². The predicted octanol–water partition coefficient (Wildman–Crippen LogP) is 2.30. The van der Waals surface area contributed by atoms with E-state index in [-0.39, 0.29) is 17.9 Å². The zero-order valence-electron chi connectivity index (χ0n) is 13.0. The first kappa shape index (κ1) is 15.8. The van der Waals surface area contributed by atoms with E-state index in [9.17, 15) is 4.79 Å². The van der Waals surface area contributed by atoms with E-state index in [1.54, 1.807) is 0 Å². The highest BCUT2D eigenvalue weighted by molar-refractivity contribution is 5.82. The summed E-state index contributed by atoms with van der Waals surface area (Å²) >= 11 is 0. The third-order valence-electron chi connectivity index (χ3n) is 3.83. The molecule has 1 saturated heterocycles. The lowest BCUT2D eigenvalue weighted by atomic mass is 10.0. The summed E-state index contributed by atoms with van der Waals surface area (Å²) in [6, 6.07) is 9.65. The Morgan fingerprint density at radius 2 is 1.90 bits per heavy atom. The maximum absolute atomic E-state index is 12.5. The van der Waals surface area contributed by atoms with Gasteiger partial charge in [0.25, 0.3) is 0 Å². The minimum Gasteiger partial charge on any atom is -0.492 e. The number of rotatable bonds is 7. The maximum atomic E-state index is 12.5. The number of hydrogen-bond acceptors (Lipinski definition) is 3. The molecule has 1 aromatic carbocycles. The maximum Gasteiger partial charge on any atom is 0.239 e. The summed E-state index contributed by atoms with van der Waals surface area (Å²) in [6.45, 7) is 7.24. The average molecular weight is 290 g/mol. The first-order chi connectivity index (χ1) is 10.2. The molecule has 0 spiro atoms. The molecule has 1 amide bonds. The average Bonchev–Trinajstić information content (AvgIpc) is 3.01. The number of nitrogens with zero attached hydrogens (tertiary/aromatic N) is 1. The van der Waals surface area contributed by atoms with Crippen molar-refractivity contribution in [2.45, 2.75) is 32.7 Å². The second kappa shape index (κ2) is 8.03. The van der Waals surface area contributed by atoms with Gasteiger partial charge >= 0.3 is 0 Å². The lowest BCUT2D eigenvalue weighted by Gasteiger charge is -2.26. The molecule has 4 nitrogen and oxygen atoms in total. The highest BCUT2D eigenvalue weighted by Gasteiger charge is 2.28. The number of para-hydroxylation sites is 1. The van der Waals surface area contributed by atoms with E-state index in [2.05, 4.69) is 19.2 Å². The van der Waals surface area contributed by atoms with Gasteiger partial charge in [-0.3, -0.25) is 4.79 Å². The normalized spacial score (nSPS) is 16.2. The second-order valence-corrected chi connectivity index (χ2v) is 5.87. The van der Waals surface area contributed by atoms with Crippen LogP contribution in [0.2, 0.25) is 0 Å². The molecule has 0 unspecified atom stereocenters. The molecule has 1 aromatic rings. The van der Waals surface area contributed by atoms with Crippen molar-refractivity contribution in [3.8, 4) is 5.75 Å². The van der Waals surface area contributed by atoms with Crippen molar-refractivity contribution >= 4 is 5.91 Å². The SMILES string of the molecule is CC(C)[C@H](NCCOc1ccccc1)C(=O)N1CCCC1. The van der Waals surface area contributed by atoms with E-state index in [0.717, 1.165) is 31.7 Å². The first-order valence-electron chi connectivity index (χ1n) is 7.88. The van der Waals surface area contributed by atoms with Gasteiger partial charge in [0.1, 0.15) is 12.4 Å². The molecule has 1 aliphatic rings. The Bertz CT molecular complexity index is 428. The summed E-state index contributed by atoms with van der Waals surface area (Å²) in [5, 5.41) is 3.35. The van der Waals surface area contributed by atoms with Crippen molar-refractivity contribution in [3.05, 3.63) is 30.3 Å². The zero-order valence-corrected chi connectivity index (χ0v) is 13.0. The van der Waals surface area contributed by atoms with Crippen LogP contribution in [0, 0.1) is 5.92 Å². The molecule has 1 atom stereocenters. The van der Waals surface area contributed by atoms with Gasteiger partial charge in [-0.2, -0.15) is 0 Å². The third kappa shape index (κ3) is 4.74. The highest BCUT2D eigenvalue weighted by atomic mass is 16.5. The molecule has 4 heteroatoms. The quantitative estimate of drug-likeness (QED) is 0.784. The Kier molecular flexibility index (Phi) is 6.05. The number of benzene rings is 1. The van der Waals surface area contributed by atoms with Crippen molar-refractivity contribution in [1.29, 1.82) is 0 Å².